The normalized spacial score (nSPS) is 11.2. The van der Waals surface area contributed by atoms with E-state index in [1.54, 1.807) is 30.3 Å². The van der Waals surface area contributed by atoms with E-state index in [1.165, 1.54) is 12.1 Å². The highest BCUT2D eigenvalue weighted by Crippen LogP contribution is 2.29. The molecule has 0 unspecified atom stereocenters. The molecule has 5 heteroatoms. The van der Waals surface area contributed by atoms with Gasteiger partial charge in [0.25, 0.3) is 0 Å². The van der Waals surface area contributed by atoms with E-state index < -0.39 is 5.82 Å². The molecule has 0 heterocycles. The summed E-state index contributed by atoms with van der Waals surface area (Å²) in [6.07, 6.45) is 1.45. The van der Waals surface area contributed by atoms with Crippen LogP contribution >= 0.6 is 39.1 Å². The van der Waals surface area contributed by atoms with Gasteiger partial charge in [0.05, 0.1) is 16.7 Å². The van der Waals surface area contributed by atoms with Gasteiger partial charge in [-0.05, 0) is 24.3 Å². The van der Waals surface area contributed by atoms with Crippen LogP contribution in [0.3, 0.4) is 0 Å². The van der Waals surface area contributed by atoms with Crippen molar-refractivity contribution in [2.75, 3.05) is 0 Å². The summed E-state index contributed by atoms with van der Waals surface area (Å²) in [5.41, 5.74) is 1.21. The van der Waals surface area contributed by atoms with Gasteiger partial charge in [-0.2, -0.15) is 5.26 Å². The van der Waals surface area contributed by atoms with Crippen LogP contribution in [0, 0.1) is 17.1 Å². The highest BCUT2D eigenvalue weighted by molar-refractivity contribution is 9.10. The third kappa shape index (κ3) is 3.21. The molecule has 2 rings (SSSR count). The summed E-state index contributed by atoms with van der Waals surface area (Å²) in [6, 6.07) is 11.7. The van der Waals surface area contributed by atoms with Crippen LogP contribution in [0.25, 0.3) is 11.6 Å². The molecule has 0 saturated carbocycles. The van der Waals surface area contributed by atoms with Crippen LogP contribution in [0.15, 0.2) is 40.9 Å². The summed E-state index contributed by atoms with van der Waals surface area (Å²) in [6.45, 7) is 0. The second kappa shape index (κ2) is 6.41. The summed E-state index contributed by atoms with van der Waals surface area (Å²) in [5, 5.41) is 9.83. The number of allylic oxidation sites excluding steroid dienone is 1. The van der Waals surface area contributed by atoms with E-state index in [0.29, 0.717) is 20.6 Å². The second-order valence-corrected chi connectivity index (χ2v) is 5.64. The van der Waals surface area contributed by atoms with Gasteiger partial charge in [-0.25, -0.2) is 4.39 Å². The largest absolute Gasteiger partial charge is 0.205 e. The van der Waals surface area contributed by atoms with Gasteiger partial charge in [-0.3, -0.25) is 0 Å². The molecule has 0 aromatic heterocycles. The molecule has 0 saturated heterocycles. The molecule has 0 aliphatic carbocycles. The van der Waals surface area contributed by atoms with Crippen molar-refractivity contribution in [3.63, 3.8) is 0 Å². The van der Waals surface area contributed by atoms with Crippen LogP contribution in [0.4, 0.5) is 4.39 Å². The molecule has 0 N–H and O–H groups in total. The standard InChI is InChI=1S/C15H7BrCl2FN/c16-13-7-11(17)4-5-12(13)10(8-20)6-9-2-1-3-14(18)15(9)19/h1-7H. The predicted molar refractivity (Wildman–Crippen MR) is 84.0 cm³/mol. The molecule has 20 heavy (non-hydrogen) atoms. The molecular weight excluding hydrogens is 364 g/mol. The summed E-state index contributed by atoms with van der Waals surface area (Å²) in [4.78, 5) is 0. The molecule has 1 nitrogen and oxygen atoms in total. The van der Waals surface area contributed by atoms with Crippen molar-refractivity contribution in [3.8, 4) is 6.07 Å². The molecule has 2 aromatic rings. The Hall–Kier alpha value is -1.34. The summed E-state index contributed by atoms with van der Waals surface area (Å²) >= 11 is 14.9. The zero-order valence-corrected chi connectivity index (χ0v) is 13.1. The number of nitrogens with zero attached hydrogens (tertiary/aromatic N) is 1. The fourth-order valence-corrected chi connectivity index (χ4v) is 2.74. The van der Waals surface area contributed by atoms with Crippen molar-refractivity contribution < 1.29 is 4.39 Å². The average Bonchev–Trinajstić information content (AvgIpc) is 2.41. The quantitative estimate of drug-likeness (QED) is 0.472. The molecule has 2 aromatic carbocycles. The monoisotopic (exact) mass is 369 g/mol. The predicted octanol–water partition coefficient (Wildman–Crippen LogP) is 5.96. The lowest BCUT2D eigenvalue weighted by atomic mass is 10.0. The Balaban J connectivity index is 2.55. The number of halogens is 4. The Morgan fingerprint density at radius 3 is 2.65 bits per heavy atom. The van der Waals surface area contributed by atoms with E-state index >= 15 is 0 Å². The maximum atomic E-state index is 13.9. The highest BCUT2D eigenvalue weighted by Gasteiger charge is 2.09. The number of nitriles is 1. The summed E-state index contributed by atoms with van der Waals surface area (Å²) in [5.74, 6) is -0.549. The minimum absolute atomic E-state index is 0.0196. The van der Waals surface area contributed by atoms with Crippen molar-refractivity contribution in [2.24, 2.45) is 0 Å². The van der Waals surface area contributed by atoms with E-state index in [4.69, 9.17) is 23.2 Å². The molecule has 0 aliphatic heterocycles. The Morgan fingerprint density at radius 2 is 2.00 bits per heavy atom. The Kier molecular flexibility index (Phi) is 4.82. The third-order valence-electron chi connectivity index (χ3n) is 2.62. The van der Waals surface area contributed by atoms with Gasteiger partial charge in [0.2, 0.25) is 0 Å². The van der Waals surface area contributed by atoms with Crippen molar-refractivity contribution in [2.45, 2.75) is 0 Å². The first-order valence-corrected chi connectivity index (χ1v) is 7.09. The lowest BCUT2D eigenvalue weighted by molar-refractivity contribution is 0.625. The molecule has 0 fully saturated rings. The fraction of sp³-hybridized carbons (Fsp3) is 0. The molecule has 0 radical (unpaired) electrons. The smallest absolute Gasteiger partial charge is 0.149 e. The van der Waals surface area contributed by atoms with E-state index in [0.717, 1.165) is 0 Å². The van der Waals surface area contributed by atoms with Gasteiger partial charge in [0.15, 0.2) is 0 Å². The highest BCUT2D eigenvalue weighted by atomic mass is 79.9. The van der Waals surface area contributed by atoms with Crippen LogP contribution < -0.4 is 0 Å². The number of hydrogen-bond acceptors (Lipinski definition) is 1. The first-order chi connectivity index (χ1) is 9.52. The molecule has 100 valence electrons. The van der Waals surface area contributed by atoms with Crippen molar-refractivity contribution in [3.05, 3.63) is 67.9 Å². The van der Waals surface area contributed by atoms with Gasteiger partial charge in [0.1, 0.15) is 5.82 Å². The number of hydrogen-bond donors (Lipinski definition) is 0. The minimum Gasteiger partial charge on any atom is -0.205 e. The van der Waals surface area contributed by atoms with Gasteiger partial charge in [-0.15, -0.1) is 0 Å². The van der Waals surface area contributed by atoms with E-state index in [1.807, 2.05) is 0 Å². The first-order valence-electron chi connectivity index (χ1n) is 5.54. The van der Waals surface area contributed by atoms with E-state index in [2.05, 4.69) is 22.0 Å². The van der Waals surface area contributed by atoms with E-state index in [-0.39, 0.29) is 10.6 Å². The molecule has 0 atom stereocenters. The molecule has 0 aliphatic rings. The van der Waals surface area contributed by atoms with Crippen LogP contribution in [-0.4, -0.2) is 0 Å². The number of benzene rings is 2. The minimum atomic E-state index is -0.549. The van der Waals surface area contributed by atoms with Crippen LogP contribution in [0.1, 0.15) is 11.1 Å². The van der Waals surface area contributed by atoms with Crippen LogP contribution in [0.2, 0.25) is 10.0 Å². The Morgan fingerprint density at radius 1 is 1.25 bits per heavy atom. The van der Waals surface area contributed by atoms with E-state index in [9.17, 15) is 9.65 Å². The van der Waals surface area contributed by atoms with Gasteiger partial charge < -0.3 is 0 Å². The second-order valence-electron chi connectivity index (χ2n) is 3.94. The Bertz CT molecular complexity index is 735. The van der Waals surface area contributed by atoms with Crippen molar-refractivity contribution in [1.82, 2.24) is 0 Å². The molecule has 0 spiro atoms. The maximum Gasteiger partial charge on any atom is 0.149 e. The first kappa shape index (κ1) is 15.1. The van der Waals surface area contributed by atoms with Crippen LogP contribution in [0.5, 0.6) is 0 Å². The fourth-order valence-electron chi connectivity index (χ4n) is 1.67. The number of rotatable bonds is 2. The topological polar surface area (TPSA) is 23.8 Å². The van der Waals surface area contributed by atoms with Crippen molar-refractivity contribution in [1.29, 1.82) is 5.26 Å². The average molecular weight is 371 g/mol. The summed E-state index contributed by atoms with van der Waals surface area (Å²) in [7, 11) is 0. The van der Waals surface area contributed by atoms with Gasteiger partial charge in [0, 0.05) is 20.6 Å². The molecule has 0 amide bonds. The molecular formula is C15H7BrCl2FN. The lowest BCUT2D eigenvalue weighted by Crippen LogP contribution is -1.87. The zero-order chi connectivity index (χ0) is 14.7. The maximum absolute atomic E-state index is 13.9. The Labute approximate surface area is 134 Å². The molecule has 0 bridgehead atoms. The lowest BCUT2D eigenvalue weighted by Gasteiger charge is -2.05. The summed E-state index contributed by atoms with van der Waals surface area (Å²) < 4.78 is 14.5. The third-order valence-corrected chi connectivity index (χ3v) is 3.81. The van der Waals surface area contributed by atoms with Crippen molar-refractivity contribution >= 4 is 50.8 Å². The SMILES string of the molecule is N#CC(=Cc1cccc(Cl)c1F)c1ccc(Cl)cc1Br. The van der Waals surface area contributed by atoms with Gasteiger partial charge in [-0.1, -0.05) is 57.3 Å². The van der Waals surface area contributed by atoms with Gasteiger partial charge >= 0.3 is 0 Å². The zero-order valence-electron chi connectivity index (χ0n) is 10.0. The van der Waals surface area contributed by atoms with Crippen LogP contribution in [-0.2, 0) is 0 Å².